The molecule has 0 bridgehead atoms. The zero-order chi connectivity index (χ0) is 17.2. The minimum atomic E-state index is -0.539. The van der Waals surface area contributed by atoms with Crippen LogP contribution in [0.1, 0.15) is 22.8 Å². The highest BCUT2D eigenvalue weighted by molar-refractivity contribution is 6.51. The van der Waals surface area contributed by atoms with Gasteiger partial charge in [-0.2, -0.15) is 0 Å². The van der Waals surface area contributed by atoms with Crippen molar-refractivity contribution in [1.29, 1.82) is 0 Å². The van der Waals surface area contributed by atoms with Crippen LogP contribution in [0, 0.1) is 0 Å². The molecule has 0 N–H and O–H groups in total. The standard InChI is InChI=1S/C19H17NO4/c1-2-23-17(21)13-14-24-20-18(15-9-5-3-6-10-15)19(22)16-11-7-4-8-12-16/h3-14H,2H2,1H3/b14-13+,20-18+. The predicted molar refractivity (Wildman–Crippen MR) is 90.6 cm³/mol. The van der Waals surface area contributed by atoms with E-state index in [1.165, 1.54) is 0 Å². The van der Waals surface area contributed by atoms with Crippen LogP contribution in [0.3, 0.4) is 0 Å². The van der Waals surface area contributed by atoms with Gasteiger partial charge in [0.1, 0.15) is 6.26 Å². The van der Waals surface area contributed by atoms with Crippen molar-refractivity contribution in [1.82, 2.24) is 0 Å². The number of hydrogen-bond donors (Lipinski definition) is 0. The first kappa shape index (κ1) is 17.1. The summed E-state index contributed by atoms with van der Waals surface area (Å²) in [5.41, 5.74) is 1.27. The van der Waals surface area contributed by atoms with E-state index in [-0.39, 0.29) is 18.1 Å². The molecule has 0 aliphatic carbocycles. The molecule has 0 heterocycles. The Hall–Kier alpha value is -3.21. The summed E-state index contributed by atoms with van der Waals surface area (Å²) in [7, 11) is 0. The molecule has 0 spiro atoms. The van der Waals surface area contributed by atoms with Gasteiger partial charge >= 0.3 is 5.97 Å². The van der Waals surface area contributed by atoms with Crippen LogP contribution in [0.5, 0.6) is 0 Å². The summed E-state index contributed by atoms with van der Waals surface area (Å²) in [6, 6.07) is 17.8. The number of benzene rings is 2. The van der Waals surface area contributed by atoms with Gasteiger partial charge in [-0.1, -0.05) is 65.8 Å². The Bertz CT molecular complexity index is 736. The molecule has 0 aliphatic heterocycles. The van der Waals surface area contributed by atoms with Gasteiger partial charge in [0.25, 0.3) is 0 Å². The third-order valence-corrected chi connectivity index (χ3v) is 2.99. The summed E-state index contributed by atoms with van der Waals surface area (Å²) >= 11 is 0. The number of hydrogen-bond acceptors (Lipinski definition) is 5. The zero-order valence-electron chi connectivity index (χ0n) is 13.2. The van der Waals surface area contributed by atoms with Gasteiger partial charge in [0, 0.05) is 11.1 Å². The highest BCUT2D eigenvalue weighted by atomic mass is 16.6. The van der Waals surface area contributed by atoms with E-state index in [9.17, 15) is 9.59 Å². The van der Waals surface area contributed by atoms with E-state index < -0.39 is 5.97 Å². The molecular formula is C19H17NO4. The Kier molecular flexibility index (Phi) is 6.46. The molecule has 0 atom stereocenters. The topological polar surface area (TPSA) is 65.0 Å². The van der Waals surface area contributed by atoms with Gasteiger partial charge in [0.15, 0.2) is 5.71 Å². The van der Waals surface area contributed by atoms with E-state index in [1.54, 1.807) is 55.5 Å². The molecule has 5 nitrogen and oxygen atoms in total. The van der Waals surface area contributed by atoms with E-state index in [2.05, 4.69) is 5.16 Å². The van der Waals surface area contributed by atoms with Gasteiger partial charge in [-0.25, -0.2) is 4.79 Å². The lowest BCUT2D eigenvalue weighted by Gasteiger charge is -2.05. The fourth-order valence-corrected chi connectivity index (χ4v) is 1.91. The van der Waals surface area contributed by atoms with Gasteiger partial charge in [-0.05, 0) is 6.92 Å². The molecule has 0 saturated carbocycles. The van der Waals surface area contributed by atoms with Crippen molar-refractivity contribution in [2.45, 2.75) is 6.92 Å². The fraction of sp³-hybridized carbons (Fsp3) is 0.105. The third kappa shape index (κ3) is 4.91. The first-order valence-electron chi connectivity index (χ1n) is 7.44. The first-order valence-corrected chi connectivity index (χ1v) is 7.44. The minimum Gasteiger partial charge on any atom is -0.463 e. The van der Waals surface area contributed by atoms with Crippen molar-refractivity contribution < 1.29 is 19.2 Å². The third-order valence-electron chi connectivity index (χ3n) is 2.99. The second-order valence-electron chi connectivity index (χ2n) is 4.66. The molecule has 2 aromatic carbocycles. The highest BCUT2D eigenvalue weighted by Crippen LogP contribution is 2.09. The SMILES string of the molecule is CCOC(=O)/C=C/O/N=C(/C(=O)c1ccccc1)c1ccccc1. The van der Waals surface area contributed by atoms with Crippen LogP contribution >= 0.6 is 0 Å². The monoisotopic (exact) mass is 323 g/mol. The Balaban J connectivity index is 2.22. The molecule has 0 saturated heterocycles. The number of esters is 1. The molecule has 122 valence electrons. The Morgan fingerprint density at radius 1 is 0.958 bits per heavy atom. The van der Waals surface area contributed by atoms with Crippen molar-refractivity contribution in [3.05, 3.63) is 84.1 Å². The van der Waals surface area contributed by atoms with Crippen molar-refractivity contribution in [3.63, 3.8) is 0 Å². The molecule has 0 amide bonds. The number of carbonyl (C=O) groups excluding carboxylic acids is 2. The maximum absolute atomic E-state index is 12.6. The van der Waals surface area contributed by atoms with E-state index in [4.69, 9.17) is 9.57 Å². The normalized spacial score (nSPS) is 11.3. The number of rotatable bonds is 7. The van der Waals surface area contributed by atoms with Crippen molar-refractivity contribution in [2.24, 2.45) is 5.16 Å². The summed E-state index contributed by atoms with van der Waals surface area (Å²) in [4.78, 5) is 28.9. The first-order chi connectivity index (χ1) is 11.7. The second kappa shape index (κ2) is 9.05. The molecule has 0 unspecified atom stereocenters. The number of nitrogens with zero attached hydrogens (tertiary/aromatic N) is 1. The summed E-state index contributed by atoms with van der Waals surface area (Å²) in [6.45, 7) is 1.98. The number of Topliss-reactive ketones (excluding diaryl/α,β-unsaturated/α-hetero) is 1. The number of ether oxygens (including phenoxy) is 1. The number of ketones is 1. The maximum atomic E-state index is 12.6. The predicted octanol–water partition coefficient (Wildman–Crippen LogP) is 3.37. The average Bonchev–Trinajstić information content (AvgIpc) is 2.63. The van der Waals surface area contributed by atoms with Crippen molar-refractivity contribution in [3.8, 4) is 0 Å². The van der Waals surface area contributed by atoms with E-state index in [0.717, 1.165) is 12.3 Å². The lowest BCUT2D eigenvalue weighted by Crippen LogP contribution is -2.16. The van der Waals surface area contributed by atoms with Gasteiger partial charge < -0.3 is 9.57 Å². The largest absolute Gasteiger partial charge is 0.463 e. The lowest BCUT2D eigenvalue weighted by atomic mass is 10.0. The van der Waals surface area contributed by atoms with E-state index in [1.807, 2.05) is 12.1 Å². The highest BCUT2D eigenvalue weighted by Gasteiger charge is 2.16. The number of carbonyl (C=O) groups is 2. The van der Waals surface area contributed by atoms with Gasteiger partial charge in [-0.3, -0.25) is 4.79 Å². The summed E-state index contributed by atoms with van der Waals surface area (Å²) in [5.74, 6) is -0.810. The fourth-order valence-electron chi connectivity index (χ4n) is 1.91. The lowest BCUT2D eigenvalue weighted by molar-refractivity contribution is -0.137. The molecule has 5 heteroatoms. The molecule has 0 aromatic heterocycles. The smallest absolute Gasteiger partial charge is 0.333 e. The summed E-state index contributed by atoms with van der Waals surface area (Å²) < 4.78 is 4.73. The molecular weight excluding hydrogens is 306 g/mol. The van der Waals surface area contributed by atoms with Crippen molar-refractivity contribution >= 4 is 17.5 Å². The van der Waals surface area contributed by atoms with Gasteiger partial charge in [0.05, 0.1) is 12.7 Å². The Morgan fingerprint density at radius 2 is 1.54 bits per heavy atom. The maximum Gasteiger partial charge on any atom is 0.333 e. The molecule has 24 heavy (non-hydrogen) atoms. The average molecular weight is 323 g/mol. The van der Waals surface area contributed by atoms with Crippen LogP contribution in [-0.2, 0) is 14.4 Å². The molecule has 2 rings (SSSR count). The van der Waals surface area contributed by atoms with Crippen LogP contribution < -0.4 is 0 Å². The second-order valence-corrected chi connectivity index (χ2v) is 4.66. The number of oxime groups is 1. The van der Waals surface area contributed by atoms with Crippen LogP contribution in [0.2, 0.25) is 0 Å². The van der Waals surface area contributed by atoms with E-state index >= 15 is 0 Å². The van der Waals surface area contributed by atoms with Crippen LogP contribution in [0.15, 0.2) is 78.2 Å². The molecule has 0 fully saturated rings. The van der Waals surface area contributed by atoms with Gasteiger partial charge in [0.2, 0.25) is 5.78 Å². The summed E-state index contributed by atoms with van der Waals surface area (Å²) in [5, 5.41) is 3.87. The molecule has 0 aliphatic rings. The molecule has 0 radical (unpaired) electrons. The Morgan fingerprint density at radius 3 is 2.12 bits per heavy atom. The quantitative estimate of drug-likeness (QED) is 0.196. The summed E-state index contributed by atoms with van der Waals surface area (Å²) in [6.07, 6.45) is 2.18. The minimum absolute atomic E-state index is 0.148. The van der Waals surface area contributed by atoms with Crippen LogP contribution in [0.4, 0.5) is 0 Å². The van der Waals surface area contributed by atoms with E-state index in [0.29, 0.717) is 11.1 Å². The van der Waals surface area contributed by atoms with Crippen molar-refractivity contribution in [2.75, 3.05) is 6.61 Å². The molecule has 2 aromatic rings. The van der Waals surface area contributed by atoms with Crippen LogP contribution in [-0.4, -0.2) is 24.1 Å². The Labute approximate surface area is 140 Å². The van der Waals surface area contributed by atoms with Gasteiger partial charge in [-0.15, -0.1) is 0 Å². The zero-order valence-corrected chi connectivity index (χ0v) is 13.2. The van der Waals surface area contributed by atoms with Crippen LogP contribution in [0.25, 0.3) is 0 Å².